The number of rotatable bonds is 6. The van der Waals surface area contributed by atoms with Crippen LogP contribution in [0.4, 0.5) is 0 Å². The van der Waals surface area contributed by atoms with E-state index in [1.807, 2.05) is 6.07 Å². The van der Waals surface area contributed by atoms with Gasteiger partial charge in [0.2, 0.25) is 0 Å². The van der Waals surface area contributed by atoms with Gasteiger partial charge in [0.15, 0.2) is 0 Å². The summed E-state index contributed by atoms with van der Waals surface area (Å²) >= 11 is 0. The zero-order valence-electron chi connectivity index (χ0n) is 14.5. The van der Waals surface area contributed by atoms with E-state index in [0.717, 1.165) is 12.8 Å². The minimum absolute atomic E-state index is 0.0376. The Bertz CT molecular complexity index is 805. The smallest absolute Gasteiger partial charge is 0.282 e. The van der Waals surface area contributed by atoms with Crippen LogP contribution >= 0.6 is 0 Å². The average molecular weight is 359 g/mol. The Morgan fingerprint density at radius 1 is 0.840 bits per heavy atom. The Labute approximate surface area is 150 Å². The third-order valence-electron chi connectivity index (χ3n) is 5.24. The average Bonchev–Trinajstić information content (AvgIpc) is 2.62. The van der Waals surface area contributed by atoms with Crippen LogP contribution in [0.5, 0.6) is 0 Å². The second-order valence-corrected chi connectivity index (χ2v) is 8.36. The molecule has 1 N–H and O–H groups in total. The Kier molecular flexibility index (Phi) is 5.92. The fraction of sp³-hybridized carbons (Fsp3) is 0.429. The molecule has 0 unspecified atom stereocenters. The van der Waals surface area contributed by atoms with Gasteiger partial charge in [0.1, 0.15) is 0 Å². The Morgan fingerprint density at radius 2 is 1.44 bits per heavy atom. The van der Waals surface area contributed by atoms with Crippen molar-refractivity contribution in [2.75, 3.05) is 0 Å². The molecule has 1 saturated carbocycles. The van der Waals surface area contributed by atoms with Crippen LogP contribution in [0.15, 0.2) is 53.4 Å². The van der Waals surface area contributed by atoms with Crippen LogP contribution < -0.4 is 0 Å². The first-order chi connectivity index (χ1) is 12.1. The lowest BCUT2D eigenvalue weighted by Gasteiger charge is -2.24. The van der Waals surface area contributed by atoms with Gasteiger partial charge < -0.3 is 0 Å². The van der Waals surface area contributed by atoms with Crippen molar-refractivity contribution in [2.45, 2.75) is 62.2 Å². The summed E-state index contributed by atoms with van der Waals surface area (Å²) < 4.78 is 32.4. The molecule has 2 aromatic carbocycles. The number of hydrogen-bond donors (Lipinski definition) is 1. The Balaban J connectivity index is 1.69. The van der Waals surface area contributed by atoms with Gasteiger partial charge in [-0.2, -0.15) is 8.42 Å². The standard InChI is InChI=1S/C21H26O3S/c22-25(23,24)21-16-7-5-12-19(21)14-8-13-18-11-4-6-15-20(18)17-9-2-1-3-10-17/h4-7,11-12,15-17H,1-3,8-10,13-14H2,(H,22,23,24). The molecule has 0 radical (unpaired) electrons. The summed E-state index contributed by atoms with van der Waals surface area (Å²) in [5, 5.41) is 0. The molecule has 0 atom stereocenters. The van der Waals surface area contributed by atoms with Crippen LogP contribution in [-0.2, 0) is 23.0 Å². The topological polar surface area (TPSA) is 54.4 Å². The van der Waals surface area contributed by atoms with E-state index >= 15 is 0 Å². The molecule has 0 spiro atoms. The van der Waals surface area contributed by atoms with Crippen LogP contribution in [0.3, 0.4) is 0 Å². The third-order valence-corrected chi connectivity index (χ3v) is 6.20. The van der Waals surface area contributed by atoms with Crippen molar-refractivity contribution in [1.29, 1.82) is 0 Å². The maximum atomic E-state index is 11.5. The lowest BCUT2D eigenvalue weighted by molar-refractivity contribution is 0.441. The zero-order valence-corrected chi connectivity index (χ0v) is 15.3. The molecule has 3 rings (SSSR count). The quantitative estimate of drug-likeness (QED) is 0.726. The molecule has 3 nitrogen and oxygen atoms in total. The summed E-state index contributed by atoms with van der Waals surface area (Å²) in [6.07, 6.45) is 9.01. The molecule has 0 heterocycles. The van der Waals surface area contributed by atoms with E-state index in [9.17, 15) is 13.0 Å². The molecule has 0 bridgehead atoms. The highest BCUT2D eigenvalue weighted by Crippen LogP contribution is 2.34. The van der Waals surface area contributed by atoms with Gasteiger partial charge in [0, 0.05) is 0 Å². The first-order valence-electron chi connectivity index (χ1n) is 9.19. The van der Waals surface area contributed by atoms with Crippen LogP contribution in [0.2, 0.25) is 0 Å². The van der Waals surface area contributed by atoms with Crippen LogP contribution in [0.1, 0.15) is 61.1 Å². The van der Waals surface area contributed by atoms with Crippen molar-refractivity contribution >= 4 is 10.1 Å². The van der Waals surface area contributed by atoms with Crippen molar-refractivity contribution in [3.63, 3.8) is 0 Å². The minimum Gasteiger partial charge on any atom is -0.282 e. The van der Waals surface area contributed by atoms with Gasteiger partial charge in [0.25, 0.3) is 10.1 Å². The van der Waals surface area contributed by atoms with E-state index in [1.54, 1.807) is 12.1 Å². The molecular weight excluding hydrogens is 332 g/mol. The molecule has 0 aliphatic heterocycles. The van der Waals surface area contributed by atoms with Crippen molar-refractivity contribution < 1.29 is 13.0 Å². The zero-order chi connectivity index (χ0) is 17.7. The van der Waals surface area contributed by atoms with Gasteiger partial charge in [-0.15, -0.1) is 0 Å². The van der Waals surface area contributed by atoms with E-state index in [4.69, 9.17) is 0 Å². The summed E-state index contributed by atoms with van der Waals surface area (Å²) in [6, 6.07) is 15.4. The van der Waals surface area contributed by atoms with E-state index in [1.165, 1.54) is 49.3 Å². The van der Waals surface area contributed by atoms with E-state index < -0.39 is 10.1 Å². The summed E-state index contributed by atoms with van der Waals surface area (Å²) in [6.45, 7) is 0. The molecule has 0 saturated heterocycles. The minimum atomic E-state index is -4.15. The van der Waals surface area contributed by atoms with Crippen molar-refractivity contribution in [1.82, 2.24) is 0 Å². The first-order valence-corrected chi connectivity index (χ1v) is 10.6. The van der Waals surface area contributed by atoms with Crippen molar-refractivity contribution in [3.8, 4) is 0 Å². The van der Waals surface area contributed by atoms with Crippen LogP contribution in [0.25, 0.3) is 0 Å². The van der Waals surface area contributed by atoms with Gasteiger partial charge in [-0.25, -0.2) is 0 Å². The summed E-state index contributed by atoms with van der Waals surface area (Å²) in [5.74, 6) is 0.676. The molecule has 2 aromatic rings. The monoisotopic (exact) mass is 358 g/mol. The highest BCUT2D eigenvalue weighted by atomic mass is 32.2. The molecule has 0 aromatic heterocycles. The van der Waals surface area contributed by atoms with Crippen molar-refractivity contribution in [3.05, 3.63) is 65.2 Å². The van der Waals surface area contributed by atoms with E-state index in [2.05, 4.69) is 24.3 Å². The van der Waals surface area contributed by atoms with Crippen LogP contribution in [0, 0.1) is 0 Å². The lowest BCUT2D eigenvalue weighted by atomic mass is 9.81. The van der Waals surface area contributed by atoms with Crippen molar-refractivity contribution in [2.24, 2.45) is 0 Å². The number of benzene rings is 2. The van der Waals surface area contributed by atoms with Gasteiger partial charge in [-0.3, -0.25) is 4.55 Å². The maximum Gasteiger partial charge on any atom is 0.294 e. The molecule has 1 fully saturated rings. The fourth-order valence-corrected chi connectivity index (χ4v) is 4.76. The summed E-state index contributed by atoms with van der Waals surface area (Å²) in [7, 11) is -4.15. The fourth-order valence-electron chi connectivity index (χ4n) is 4.01. The van der Waals surface area contributed by atoms with Gasteiger partial charge >= 0.3 is 0 Å². The molecular formula is C21H26O3S. The van der Waals surface area contributed by atoms with Crippen LogP contribution in [-0.4, -0.2) is 13.0 Å². The lowest BCUT2D eigenvalue weighted by Crippen LogP contribution is -2.08. The molecule has 0 amide bonds. The second-order valence-electron chi connectivity index (χ2n) is 6.97. The SMILES string of the molecule is O=S(=O)(O)c1ccccc1CCCc1ccccc1C1CCCCC1. The second kappa shape index (κ2) is 8.15. The van der Waals surface area contributed by atoms with Gasteiger partial charge in [-0.1, -0.05) is 61.7 Å². The van der Waals surface area contributed by atoms with Gasteiger partial charge in [0.05, 0.1) is 4.90 Å². The normalized spacial score (nSPS) is 16.0. The largest absolute Gasteiger partial charge is 0.294 e. The van der Waals surface area contributed by atoms with Gasteiger partial charge in [-0.05, 0) is 60.8 Å². The Hall–Kier alpha value is -1.65. The predicted octanol–water partition coefficient (Wildman–Crippen LogP) is 5.16. The molecule has 1 aliphatic carbocycles. The highest BCUT2D eigenvalue weighted by molar-refractivity contribution is 7.85. The molecule has 1 aliphatic rings. The molecule has 134 valence electrons. The number of aryl methyl sites for hydroxylation is 2. The molecule has 25 heavy (non-hydrogen) atoms. The summed E-state index contributed by atoms with van der Waals surface area (Å²) in [4.78, 5) is 0.0376. The maximum absolute atomic E-state index is 11.5. The predicted molar refractivity (Wildman–Crippen MR) is 101 cm³/mol. The molecule has 4 heteroatoms. The number of hydrogen-bond acceptors (Lipinski definition) is 2. The van der Waals surface area contributed by atoms with E-state index in [-0.39, 0.29) is 4.90 Å². The first kappa shape index (κ1) is 18.2. The third kappa shape index (κ3) is 4.71. The summed E-state index contributed by atoms with van der Waals surface area (Å²) in [5.41, 5.74) is 3.56. The Morgan fingerprint density at radius 3 is 2.16 bits per heavy atom. The highest BCUT2D eigenvalue weighted by Gasteiger charge is 2.18. The van der Waals surface area contributed by atoms with E-state index in [0.29, 0.717) is 17.9 Å².